The summed E-state index contributed by atoms with van der Waals surface area (Å²) in [5.41, 5.74) is 3.03. The van der Waals surface area contributed by atoms with Crippen molar-refractivity contribution in [1.29, 1.82) is 0 Å². The van der Waals surface area contributed by atoms with E-state index >= 15 is 0 Å². The minimum atomic E-state index is 0.730. The number of nitrogens with zero attached hydrogens (tertiary/aromatic N) is 3. The minimum Gasteiger partial charge on any atom is -0.277 e. The average molecular weight is 160 g/mol. The summed E-state index contributed by atoms with van der Waals surface area (Å²) in [4.78, 5) is 7.99. The summed E-state index contributed by atoms with van der Waals surface area (Å²) in [6.07, 6.45) is 8.75. The van der Waals surface area contributed by atoms with Gasteiger partial charge in [-0.05, 0) is 12.1 Å². The molecule has 2 rings (SSSR count). The van der Waals surface area contributed by atoms with Gasteiger partial charge in [0.25, 0.3) is 0 Å². The lowest BCUT2D eigenvalue weighted by molar-refractivity contribution is 0.946. The molecule has 0 radical (unpaired) electrons. The number of hydrogen-bond donors (Lipinski definition) is 1. The van der Waals surface area contributed by atoms with Crippen LogP contribution in [-0.4, -0.2) is 14.6 Å². The lowest BCUT2D eigenvalue weighted by Crippen LogP contribution is -2.06. The fourth-order valence-electron chi connectivity index (χ4n) is 0.898. The summed E-state index contributed by atoms with van der Waals surface area (Å²) in [7, 11) is 0. The Kier molecular flexibility index (Phi) is 1.74. The Labute approximate surface area is 69.9 Å². The van der Waals surface area contributed by atoms with E-state index < -0.39 is 0 Å². The summed E-state index contributed by atoms with van der Waals surface area (Å²) in [5, 5.41) is 0. The highest BCUT2D eigenvalue weighted by Gasteiger charge is 1.90. The Balaban J connectivity index is 2.15. The number of rotatable bonds is 2. The molecule has 0 atom stereocenters. The zero-order chi connectivity index (χ0) is 8.23. The first-order valence-corrected chi connectivity index (χ1v) is 3.61. The quantitative estimate of drug-likeness (QED) is 0.716. The van der Waals surface area contributed by atoms with E-state index in [0.29, 0.717) is 0 Å². The highest BCUT2D eigenvalue weighted by atomic mass is 15.4. The summed E-state index contributed by atoms with van der Waals surface area (Å²) < 4.78 is 1.81. The summed E-state index contributed by atoms with van der Waals surface area (Å²) in [6.45, 7) is 0. The Morgan fingerprint density at radius 1 is 1.17 bits per heavy atom. The molecule has 4 nitrogen and oxygen atoms in total. The minimum absolute atomic E-state index is 0.730. The first-order chi connectivity index (χ1) is 5.95. The fraction of sp³-hybridized carbons (Fsp3) is 0. The lowest BCUT2D eigenvalue weighted by Gasteiger charge is -2.03. The van der Waals surface area contributed by atoms with E-state index in [-0.39, 0.29) is 0 Å². The Morgan fingerprint density at radius 3 is 2.67 bits per heavy atom. The van der Waals surface area contributed by atoms with Crippen LogP contribution in [0.2, 0.25) is 0 Å². The van der Waals surface area contributed by atoms with E-state index in [4.69, 9.17) is 0 Å². The van der Waals surface area contributed by atoms with Crippen LogP contribution in [0, 0.1) is 0 Å². The maximum absolute atomic E-state index is 4.06. The Hall–Kier alpha value is -1.84. The average Bonchev–Trinajstić information content (AvgIpc) is 2.59. The highest BCUT2D eigenvalue weighted by molar-refractivity contribution is 5.29. The molecule has 2 heterocycles. The fourth-order valence-corrected chi connectivity index (χ4v) is 0.898. The van der Waals surface area contributed by atoms with E-state index in [0.717, 1.165) is 5.82 Å². The number of hydrogen-bond acceptors (Lipinski definition) is 3. The van der Waals surface area contributed by atoms with Gasteiger partial charge in [-0.3, -0.25) is 15.1 Å². The van der Waals surface area contributed by atoms with Gasteiger partial charge in [-0.1, -0.05) is 0 Å². The van der Waals surface area contributed by atoms with Gasteiger partial charge in [-0.2, -0.15) is 0 Å². The van der Waals surface area contributed by atoms with Crippen molar-refractivity contribution in [3.63, 3.8) is 0 Å². The molecule has 0 saturated heterocycles. The molecule has 60 valence electrons. The smallest absolute Gasteiger partial charge is 0.163 e. The van der Waals surface area contributed by atoms with E-state index in [1.165, 1.54) is 0 Å². The van der Waals surface area contributed by atoms with Crippen molar-refractivity contribution in [2.24, 2.45) is 0 Å². The van der Waals surface area contributed by atoms with Gasteiger partial charge in [-0.15, -0.1) is 0 Å². The van der Waals surface area contributed by atoms with Gasteiger partial charge in [0.1, 0.15) is 0 Å². The second-order valence-corrected chi connectivity index (χ2v) is 2.29. The number of anilines is 1. The lowest BCUT2D eigenvalue weighted by atomic mass is 10.7. The molecule has 0 bridgehead atoms. The predicted octanol–water partition coefficient (Wildman–Crippen LogP) is 1.15. The van der Waals surface area contributed by atoms with Gasteiger partial charge >= 0.3 is 0 Å². The van der Waals surface area contributed by atoms with E-state index in [1.807, 2.05) is 29.2 Å². The van der Waals surface area contributed by atoms with Gasteiger partial charge in [0.15, 0.2) is 5.82 Å². The van der Waals surface area contributed by atoms with Gasteiger partial charge in [0, 0.05) is 24.8 Å². The van der Waals surface area contributed by atoms with Gasteiger partial charge in [-0.25, -0.2) is 4.98 Å². The standard InChI is InChI=1S/C8H8N4/c1-2-6-12(5-1)11-8-7-9-3-4-10-8/h1-7H,(H,10,11). The molecule has 12 heavy (non-hydrogen) atoms. The highest BCUT2D eigenvalue weighted by Crippen LogP contribution is 1.98. The first kappa shape index (κ1) is 6.84. The van der Waals surface area contributed by atoms with E-state index in [1.54, 1.807) is 18.6 Å². The molecular weight excluding hydrogens is 152 g/mol. The van der Waals surface area contributed by atoms with Crippen LogP contribution in [0.25, 0.3) is 0 Å². The third-order valence-electron chi connectivity index (χ3n) is 1.41. The molecule has 0 fully saturated rings. The third kappa shape index (κ3) is 1.42. The van der Waals surface area contributed by atoms with Crippen LogP contribution >= 0.6 is 0 Å². The van der Waals surface area contributed by atoms with Crippen LogP contribution in [0.3, 0.4) is 0 Å². The third-order valence-corrected chi connectivity index (χ3v) is 1.41. The summed E-state index contributed by atoms with van der Waals surface area (Å²) in [6, 6.07) is 3.87. The van der Waals surface area contributed by atoms with Crippen LogP contribution in [-0.2, 0) is 0 Å². The van der Waals surface area contributed by atoms with Crippen molar-refractivity contribution >= 4 is 5.82 Å². The molecule has 0 amide bonds. The molecular formula is C8H8N4. The van der Waals surface area contributed by atoms with Crippen LogP contribution < -0.4 is 5.43 Å². The SMILES string of the molecule is c1ccn(Nc2cnccn2)c1. The summed E-state index contributed by atoms with van der Waals surface area (Å²) >= 11 is 0. The predicted molar refractivity (Wildman–Crippen MR) is 45.5 cm³/mol. The first-order valence-electron chi connectivity index (χ1n) is 3.61. The number of nitrogens with one attached hydrogen (secondary N) is 1. The van der Waals surface area contributed by atoms with E-state index in [2.05, 4.69) is 15.4 Å². The maximum Gasteiger partial charge on any atom is 0.163 e. The molecule has 0 aromatic carbocycles. The van der Waals surface area contributed by atoms with Crippen LogP contribution in [0.15, 0.2) is 43.1 Å². The number of aromatic nitrogens is 3. The van der Waals surface area contributed by atoms with Gasteiger partial charge < -0.3 is 0 Å². The molecule has 0 aliphatic rings. The molecule has 2 aromatic heterocycles. The van der Waals surface area contributed by atoms with Crippen LogP contribution in [0.1, 0.15) is 0 Å². The Morgan fingerprint density at radius 2 is 2.00 bits per heavy atom. The molecule has 0 aliphatic carbocycles. The van der Waals surface area contributed by atoms with Gasteiger partial charge in [0.05, 0.1) is 6.20 Å². The zero-order valence-corrected chi connectivity index (χ0v) is 6.38. The van der Waals surface area contributed by atoms with Crippen molar-refractivity contribution < 1.29 is 0 Å². The summed E-state index contributed by atoms with van der Waals surface area (Å²) in [5.74, 6) is 0.730. The van der Waals surface area contributed by atoms with Gasteiger partial charge in [0.2, 0.25) is 0 Å². The molecule has 0 saturated carbocycles. The largest absolute Gasteiger partial charge is 0.277 e. The monoisotopic (exact) mass is 160 g/mol. The van der Waals surface area contributed by atoms with Crippen LogP contribution in [0.5, 0.6) is 0 Å². The zero-order valence-electron chi connectivity index (χ0n) is 6.38. The van der Waals surface area contributed by atoms with Crippen molar-refractivity contribution in [1.82, 2.24) is 14.6 Å². The normalized spacial score (nSPS) is 9.67. The molecule has 0 unspecified atom stereocenters. The van der Waals surface area contributed by atoms with Crippen LogP contribution in [0.4, 0.5) is 5.82 Å². The van der Waals surface area contributed by atoms with E-state index in [9.17, 15) is 0 Å². The maximum atomic E-state index is 4.06. The second-order valence-electron chi connectivity index (χ2n) is 2.29. The Bertz CT molecular complexity index is 327. The van der Waals surface area contributed by atoms with Crippen molar-refractivity contribution in [3.8, 4) is 0 Å². The molecule has 2 aromatic rings. The van der Waals surface area contributed by atoms with Crippen molar-refractivity contribution in [2.45, 2.75) is 0 Å². The molecule has 4 heteroatoms. The molecule has 0 aliphatic heterocycles. The topological polar surface area (TPSA) is 42.7 Å². The van der Waals surface area contributed by atoms with Crippen molar-refractivity contribution in [3.05, 3.63) is 43.1 Å². The molecule has 1 N–H and O–H groups in total. The van der Waals surface area contributed by atoms with Crippen molar-refractivity contribution in [2.75, 3.05) is 5.43 Å². The second kappa shape index (κ2) is 3.04. The molecule has 0 spiro atoms.